The van der Waals surface area contributed by atoms with Crippen LogP contribution in [0.5, 0.6) is 0 Å². The zero-order valence-electron chi connectivity index (χ0n) is 8.70. The van der Waals surface area contributed by atoms with Crippen LogP contribution in [0.15, 0.2) is 0 Å². The molecular formula is C10H19FO. The second kappa shape index (κ2) is 3.55. The van der Waals surface area contributed by atoms with Crippen molar-refractivity contribution in [3.05, 3.63) is 0 Å². The van der Waals surface area contributed by atoms with Gasteiger partial charge in [-0.1, -0.05) is 34.6 Å². The first-order valence-electron chi connectivity index (χ1n) is 4.39. The van der Waals surface area contributed by atoms with Crippen LogP contribution in [0.2, 0.25) is 0 Å². The van der Waals surface area contributed by atoms with Crippen LogP contribution in [-0.4, -0.2) is 12.5 Å². The summed E-state index contributed by atoms with van der Waals surface area (Å²) in [4.78, 5) is 11.7. The molecule has 0 atom stereocenters. The smallest absolute Gasteiger partial charge is 0.146 e. The van der Waals surface area contributed by atoms with E-state index in [-0.39, 0.29) is 5.78 Å². The summed E-state index contributed by atoms with van der Waals surface area (Å²) < 4.78 is 12.5. The first-order chi connectivity index (χ1) is 5.28. The minimum absolute atomic E-state index is 0.0139. The molecule has 0 aliphatic rings. The SMILES string of the molecule is CCC(C)(C)C(=O)C(C)(C)CF. The zero-order chi connectivity index (χ0) is 9.99. The molecule has 0 bridgehead atoms. The van der Waals surface area contributed by atoms with Gasteiger partial charge in [0, 0.05) is 5.41 Å². The lowest BCUT2D eigenvalue weighted by Gasteiger charge is -2.30. The Morgan fingerprint density at radius 1 is 1.17 bits per heavy atom. The van der Waals surface area contributed by atoms with Gasteiger partial charge in [-0.25, -0.2) is 0 Å². The van der Waals surface area contributed by atoms with Gasteiger partial charge >= 0.3 is 0 Å². The van der Waals surface area contributed by atoms with Gasteiger partial charge in [0.2, 0.25) is 0 Å². The van der Waals surface area contributed by atoms with E-state index >= 15 is 0 Å². The Labute approximate surface area is 74.4 Å². The molecule has 72 valence electrons. The lowest BCUT2D eigenvalue weighted by atomic mass is 9.73. The number of carbonyl (C=O) groups is 1. The average molecular weight is 174 g/mol. The third-order valence-electron chi connectivity index (χ3n) is 2.45. The van der Waals surface area contributed by atoms with Crippen molar-refractivity contribution in [3.8, 4) is 0 Å². The van der Waals surface area contributed by atoms with Gasteiger partial charge in [-0.3, -0.25) is 9.18 Å². The summed E-state index contributed by atoms with van der Waals surface area (Å²) >= 11 is 0. The van der Waals surface area contributed by atoms with Crippen molar-refractivity contribution in [1.82, 2.24) is 0 Å². The number of hydrogen-bond acceptors (Lipinski definition) is 1. The molecule has 0 spiro atoms. The molecule has 0 saturated carbocycles. The highest BCUT2D eigenvalue weighted by Crippen LogP contribution is 2.32. The molecule has 0 aromatic rings. The quantitative estimate of drug-likeness (QED) is 0.640. The largest absolute Gasteiger partial charge is 0.298 e. The van der Waals surface area contributed by atoms with Gasteiger partial charge in [-0.2, -0.15) is 0 Å². The van der Waals surface area contributed by atoms with E-state index in [0.717, 1.165) is 6.42 Å². The van der Waals surface area contributed by atoms with Gasteiger partial charge < -0.3 is 0 Å². The number of alkyl halides is 1. The molecule has 0 aromatic carbocycles. The summed E-state index contributed by atoms with van der Waals surface area (Å²) in [6.45, 7) is 8.43. The van der Waals surface area contributed by atoms with Crippen molar-refractivity contribution >= 4 is 5.78 Å². The van der Waals surface area contributed by atoms with Crippen molar-refractivity contribution in [2.75, 3.05) is 6.67 Å². The highest BCUT2D eigenvalue weighted by atomic mass is 19.1. The maximum absolute atomic E-state index is 12.5. The summed E-state index contributed by atoms with van der Waals surface area (Å²) in [7, 11) is 0. The second-order valence-corrected chi connectivity index (χ2v) is 4.58. The van der Waals surface area contributed by atoms with Crippen molar-refractivity contribution < 1.29 is 9.18 Å². The van der Waals surface area contributed by atoms with E-state index < -0.39 is 17.5 Å². The molecule has 2 heteroatoms. The molecule has 0 fully saturated rings. The monoisotopic (exact) mass is 174 g/mol. The Kier molecular flexibility index (Phi) is 3.43. The van der Waals surface area contributed by atoms with Crippen LogP contribution in [-0.2, 0) is 4.79 Å². The molecule has 0 heterocycles. The second-order valence-electron chi connectivity index (χ2n) is 4.58. The predicted molar refractivity (Wildman–Crippen MR) is 48.8 cm³/mol. The van der Waals surface area contributed by atoms with Crippen LogP contribution in [0.1, 0.15) is 41.0 Å². The topological polar surface area (TPSA) is 17.1 Å². The van der Waals surface area contributed by atoms with Crippen molar-refractivity contribution in [2.45, 2.75) is 41.0 Å². The molecule has 0 N–H and O–H groups in total. The minimum atomic E-state index is -0.820. The van der Waals surface area contributed by atoms with Gasteiger partial charge in [0.05, 0.1) is 5.41 Å². The lowest BCUT2D eigenvalue weighted by Crippen LogP contribution is -2.37. The van der Waals surface area contributed by atoms with Crippen LogP contribution in [0.4, 0.5) is 4.39 Å². The Morgan fingerprint density at radius 3 is 1.83 bits per heavy atom. The summed E-state index contributed by atoms with van der Waals surface area (Å²) in [5.41, 5.74) is -1.21. The maximum Gasteiger partial charge on any atom is 0.146 e. The number of rotatable bonds is 4. The summed E-state index contributed by atoms with van der Waals surface area (Å²) in [6, 6.07) is 0. The van der Waals surface area contributed by atoms with Gasteiger partial charge in [0.25, 0.3) is 0 Å². The summed E-state index contributed by atoms with van der Waals surface area (Å²) in [5.74, 6) is 0.0139. The first-order valence-corrected chi connectivity index (χ1v) is 4.39. The highest BCUT2D eigenvalue weighted by molar-refractivity contribution is 5.89. The number of Topliss-reactive ketones (excluding diaryl/α,β-unsaturated/α-hetero) is 1. The number of hydrogen-bond donors (Lipinski definition) is 0. The zero-order valence-corrected chi connectivity index (χ0v) is 8.70. The van der Waals surface area contributed by atoms with Crippen LogP contribution in [0.3, 0.4) is 0 Å². The lowest BCUT2D eigenvalue weighted by molar-refractivity contribution is -0.136. The number of halogens is 1. The molecule has 0 rings (SSSR count). The van der Waals surface area contributed by atoms with Crippen molar-refractivity contribution in [3.63, 3.8) is 0 Å². The first kappa shape index (κ1) is 11.6. The van der Waals surface area contributed by atoms with E-state index in [1.54, 1.807) is 13.8 Å². The van der Waals surface area contributed by atoms with E-state index in [9.17, 15) is 9.18 Å². The van der Waals surface area contributed by atoms with Crippen LogP contribution in [0.25, 0.3) is 0 Å². The predicted octanol–water partition coefficient (Wildman–Crippen LogP) is 2.99. The van der Waals surface area contributed by atoms with Gasteiger partial charge in [0.15, 0.2) is 0 Å². The molecule has 0 aliphatic carbocycles. The highest BCUT2D eigenvalue weighted by Gasteiger charge is 2.37. The molecular weight excluding hydrogens is 155 g/mol. The average Bonchev–Trinajstić information content (AvgIpc) is 2.03. The third-order valence-corrected chi connectivity index (χ3v) is 2.45. The van der Waals surface area contributed by atoms with Gasteiger partial charge in [-0.15, -0.1) is 0 Å². The molecule has 0 aromatic heterocycles. The Morgan fingerprint density at radius 2 is 1.58 bits per heavy atom. The van der Waals surface area contributed by atoms with E-state index in [1.165, 1.54) is 0 Å². The molecule has 0 saturated heterocycles. The van der Waals surface area contributed by atoms with Gasteiger partial charge in [0.1, 0.15) is 12.5 Å². The van der Waals surface area contributed by atoms with Crippen molar-refractivity contribution in [2.24, 2.45) is 10.8 Å². The number of ketones is 1. The molecule has 1 nitrogen and oxygen atoms in total. The maximum atomic E-state index is 12.5. The van der Waals surface area contributed by atoms with E-state index in [0.29, 0.717) is 0 Å². The Bertz CT molecular complexity index is 153. The van der Waals surface area contributed by atoms with Crippen molar-refractivity contribution in [1.29, 1.82) is 0 Å². The molecule has 12 heavy (non-hydrogen) atoms. The molecule has 0 unspecified atom stereocenters. The number of carbonyl (C=O) groups excluding carboxylic acids is 1. The Hall–Kier alpha value is -0.400. The summed E-state index contributed by atoms with van der Waals surface area (Å²) in [6.07, 6.45) is 0.759. The van der Waals surface area contributed by atoms with Crippen LogP contribution >= 0.6 is 0 Å². The molecule has 0 aliphatic heterocycles. The molecule has 0 amide bonds. The standard InChI is InChI=1S/C10H19FO/c1-6-9(2,3)8(12)10(4,5)7-11/h6-7H2,1-5H3. The Balaban J connectivity index is 4.60. The third kappa shape index (κ3) is 2.29. The fourth-order valence-electron chi connectivity index (χ4n) is 1.14. The fraction of sp³-hybridized carbons (Fsp3) is 0.900. The summed E-state index contributed by atoms with van der Waals surface area (Å²) in [5, 5.41) is 0. The normalized spacial score (nSPS) is 13.2. The van der Waals surface area contributed by atoms with E-state index in [4.69, 9.17) is 0 Å². The van der Waals surface area contributed by atoms with E-state index in [2.05, 4.69) is 0 Å². The minimum Gasteiger partial charge on any atom is -0.298 e. The molecule has 0 radical (unpaired) electrons. The van der Waals surface area contributed by atoms with E-state index in [1.807, 2.05) is 20.8 Å². The van der Waals surface area contributed by atoms with Gasteiger partial charge in [-0.05, 0) is 6.42 Å². The van der Waals surface area contributed by atoms with Crippen LogP contribution < -0.4 is 0 Å². The fourth-order valence-corrected chi connectivity index (χ4v) is 1.14. The van der Waals surface area contributed by atoms with Crippen LogP contribution in [0, 0.1) is 10.8 Å².